The van der Waals surface area contributed by atoms with Gasteiger partial charge in [-0.05, 0) is 19.4 Å². The Kier molecular flexibility index (Phi) is 9.47. The van der Waals surface area contributed by atoms with E-state index in [1.165, 1.54) is 5.56 Å². The Bertz CT molecular complexity index is 393. The fourth-order valence-electron chi connectivity index (χ4n) is 2.30. The van der Waals surface area contributed by atoms with Crippen molar-refractivity contribution in [2.24, 2.45) is 0 Å². The van der Waals surface area contributed by atoms with Gasteiger partial charge in [-0.2, -0.15) is 5.26 Å². The zero-order valence-corrected chi connectivity index (χ0v) is 13.1. The van der Waals surface area contributed by atoms with Gasteiger partial charge in [0, 0.05) is 32.3 Å². The first kappa shape index (κ1) is 17.6. The molecule has 0 fully saturated rings. The van der Waals surface area contributed by atoms with Gasteiger partial charge in [0.15, 0.2) is 0 Å². The predicted octanol–water partition coefficient (Wildman–Crippen LogP) is 3.02. The number of nitrogens with zero attached hydrogens (tertiary/aromatic N) is 2. The molecule has 0 saturated carbocycles. The highest BCUT2D eigenvalue weighted by atomic mass is 16.5. The van der Waals surface area contributed by atoms with Gasteiger partial charge in [-0.15, -0.1) is 0 Å². The molecule has 0 amide bonds. The quantitative estimate of drug-likeness (QED) is 0.588. The van der Waals surface area contributed by atoms with E-state index in [1.54, 1.807) is 0 Å². The van der Waals surface area contributed by atoms with E-state index in [4.69, 9.17) is 14.7 Å². The summed E-state index contributed by atoms with van der Waals surface area (Å²) in [6.45, 7) is 8.39. The highest BCUT2D eigenvalue weighted by Gasteiger charge is 2.19. The van der Waals surface area contributed by atoms with Crippen molar-refractivity contribution < 1.29 is 9.47 Å². The van der Waals surface area contributed by atoms with Crippen LogP contribution in [0.1, 0.15) is 31.9 Å². The van der Waals surface area contributed by atoms with Gasteiger partial charge >= 0.3 is 0 Å². The fourth-order valence-corrected chi connectivity index (χ4v) is 2.30. The fraction of sp³-hybridized carbons (Fsp3) is 0.588. The van der Waals surface area contributed by atoms with Gasteiger partial charge < -0.3 is 9.47 Å². The second-order valence-electron chi connectivity index (χ2n) is 4.72. The molecule has 0 aromatic heterocycles. The van der Waals surface area contributed by atoms with E-state index in [0.717, 1.165) is 13.1 Å². The van der Waals surface area contributed by atoms with Crippen LogP contribution in [0.25, 0.3) is 0 Å². The Labute approximate surface area is 128 Å². The van der Waals surface area contributed by atoms with Crippen molar-refractivity contribution in [2.45, 2.75) is 26.3 Å². The highest BCUT2D eigenvalue weighted by Crippen LogP contribution is 2.23. The van der Waals surface area contributed by atoms with Crippen molar-refractivity contribution in [3.8, 4) is 6.07 Å². The van der Waals surface area contributed by atoms with Crippen molar-refractivity contribution in [2.75, 3.05) is 39.5 Å². The number of hydrogen-bond acceptors (Lipinski definition) is 4. The molecule has 0 N–H and O–H groups in total. The molecule has 0 aliphatic carbocycles. The first-order valence-electron chi connectivity index (χ1n) is 7.64. The second kappa shape index (κ2) is 11.3. The molecular weight excluding hydrogens is 264 g/mol. The van der Waals surface area contributed by atoms with Crippen LogP contribution < -0.4 is 0 Å². The summed E-state index contributed by atoms with van der Waals surface area (Å²) in [6.07, 6.45) is 0.474. The van der Waals surface area contributed by atoms with E-state index in [2.05, 4.69) is 23.1 Å². The number of ether oxygens (including phenoxy) is 2. The van der Waals surface area contributed by atoms with E-state index in [0.29, 0.717) is 32.8 Å². The van der Waals surface area contributed by atoms with Gasteiger partial charge in [0.05, 0.1) is 25.7 Å². The lowest BCUT2D eigenvalue weighted by Crippen LogP contribution is -2.35. The van der Waals surface area contributed by atoms with Gasteiger partial charge in [0.2, 0.25) is 0 Å². The standard InChI is InChI=1S/C17H26N2O2/c1-3-20-14-12-19(13-15-21-4-2)17(10-11-18)16-8-6-5-7-9-16/h5-9,17H,3-4,10,12-15H2,1-2H3. The summed E-state index contributed by atoms with van der Waals surface area (Å²) in [5.41, 5.74) is 1.17. The molecule has 0 spiro atoms. The molecule has 4 nitrogen and oxygen atoms in total. The minimum atomic E-state index is 0.0945. The predicted molar refractivity (Wildman–Crippen MR) is 84.0 cm³/mol. The molecule has 0 aliphatic rings. The number of nitriles is 1. The Balaban J connectivity index is 2.75. The third kappa shape index (κ3) is 6.72. The highest BCUT2D eigenvalue weighted by molar-refractivity contribution is 5.20. The normalized spacial score (nSPS) is 12.3. The number of benzene rings is 1. The molecule has 1 aromatic carbocycles. The Morgan fingerprint density at radius 2 is 1.62 bits per heavy atom. The van der Waals surface area contributed by atoms with Crippen molar-refractivity contribution in [1.82, 2.24) is 4.90 Å². The van der Waals surface area contributed by atoms with Crippen LogP contribution in [0.2, 0.25) is 0 Å². The minimum Gasteiger partial charge on any atom is -0.380 e. The van der Waals surface area contributed by atoms with E-state index in [-0.39, 0.29) is 6.04 Å². The third-order valence-electron chi connectivity index (χ3n) is 3.36. The van der Waals surface area contributed by atoms with Crippen LogP contribution in [0.15, 0.2) is 30.3 Å². The van der Waals surface area contributed by atoms with Crippen LogP contribution in [0.4, 0.5) is 0 Å². The number of hydrogen-bond donors (Lipinski definition) is 0. The second-order valence-corrected chi connectivity index (χ2v) is 4.72. The van der Waals surface area contributed by atoms with Crippen LogP contribution in [0.5, 0.6) is 0 Å². The van der Waals surface area contributed by atoms with Crippen molar-refractivity contribution in [3.63, 3.8) is 0 Å². The molecule has 1 atom stereocenters. The summed E-state index contributed by atoms with van der Waals surface area (Å²) in [7, 11) is 0. The van der Waals surface area contributed by atoms with E-state index in [9.17, 15) is 0 Å². The Morgan fingerprint density at radius 3 is 2.10 bits per heavy atom. The zero-order valence-electron chi connectivity index (χ0n) is 13.1. The third-order valence-corrected chi connectivity index (χ3v) is 3.36. The summed E-state index contributed by atoms with van der Waals surface area (Å²) >= 11 is 0. The van der Waals surface area contributed by atoms with Gasteiger partial charge in [0.1, 0.15) is 0 Å². The first-order valence-corrected chi connectivity index (χ1v) is 7.64. The lowest BCUT2D eigenvalue weighted by molar-refractivity contribution is 0.0631. The molecular formula is C17H26N2O2. The van der Waals surface area contributed by atoms with Gasteiger partial charge in [-0.1, -0.05) is 30.3 Å². The summed E-state index contributed by atoms with van der Waals surface area (Å²) < 4.78 is 10.9. The zero-order chi connectivity index (χ0) is 15.3. The maximum absolute atomic E-state index is 9.15. The molecule has 1 unspecified atom stereocenters. The van der Waals surface area contributed by atoms with Crippen LogP contribution in [0, 0.1) is 11.3 Å². The minimum absolute atomic E-state index is 0.0945. The maximum atomic E-state index is 9.15. The van der Waals surface area contributed by atoms with E-state index < -0.39 is 0 Å². The Hall–Kier alpha value is -1.41. The summed E-state index contributed by atoms with van der Waals surface area (Å²) in [6, 6.07) is 12.6. The first-order chi connectivity index (χ1) is 10.3. The van der Waals surface area contributed by atoms with Crippen LogP contribution in [0.3, 0.4) is 0 Å². The van der Waals surface area contributed by atoms with Gasteiger partial charge in [0.25, 0.3) is 0 Å². The number of rotatable bonds is 11. The Morgan fingerprint density at radius 1 is 1.05 bits per heavy atom. The van der Waals surface area contributed by atoms with Crippen molar-refractivity contribution in [3.05, 3.63) is 35.9 Å². The van der Waals surface area contributed by atoms with E-state index >= 15 is 0 Å². The molecule has 1 aromatic rings. The average Bonchev–Trinajstić information content (AvgIpc) is 2.52. The summed E-state index contributed by atoms with van der Waals surface area (Å²) in [5, 5.41) is 9.15. The van der Waals surface area contributed by atoms with Gasteiger partial charge in [-0.3, -0.25) is 4.90 Å². The van der Waals surface area contributed by atoms with Crippen molar-refractivity contribution >= 4 is 0 Å². The molecule has 0 saturated heterocycles. The maximum Gasteiger partial charge on any atom is 0.0641 e. The molecule has 0 radical (unpaired) electrons. The molecule has 0 heterocycles. The van der Waals surface area contributed by atoms with Crippen LogP contribution in [-0.4, -0.2) is 44.4 Å². The summed E-state index contributed by atoms with van der Waals surface area (Å²) in [4.78, 5) is 2.28. The molecule has 116 valence electrons. The van der Waals surface area contributed by atoms with Crippen LogP contribution >= 0.6 is 0 Å². The SMILES string of the molecule is CCOCCN(CCOCC)C(CC#N)c1ccccc1. The van der Waals surface area contributed by atoms with Gasteiger partial charge in [-0.25, -0.2) is 0 Å². The molecule has 0 aliphatic heterocycles. The molecule has 0 bridgehead atoms. The molecule has 1 rings (SSSR count). The molecule has 4 heteroatoms. The average molecular weight is 290 g/mol. The van der Waals surface area contributed by atoms with E-state index in [1.807, 2.05) is 32.0 Å². The monoisotopic (exact) mass is 290 g/mol. The van der Waals surface area contributed by atoms with Crippen LogP contribution in [-0.2, 0) is 9.47 Å². The smallest absolute Gasteiger partial charge is 0.0641 e. The van der Waals surface area contributed by atoms with Crippen molar-refractivity contribution in [1.29, 1.82) is 5.26 Å². The molecule has 21 heavy (non-hydrogen) atoms. The summed E-state index contributed by atoms with van der Waals surface area (Å²) in [5.74, 6) is 0. The topological polar surface area (TPSA) is 45.5 Å². The lowest BCUT2D eigenvalue weighted by Gasteiger charge is -2.30. The lowest BCUT2D eigenvalue weighted by atomic mass is 10.0. The largest absolute Gasteiger partial charge is 0.380 e.